The molecule has 0 saturated carbocycles. The van der Waals surface area contributed by atoms with Crippen molar-refractivity contribution in [3.63, 3.8) is 0 Å². The van der Waals surface area contributed by atoms with E-state index in [1.54, 1.807) is 0 Å². The van der Waals surface area contributed by atoms with Crippen LogP contribution in [-0.4, -0.2) is 26.1 Å². The number of hydrogen-bond acceptors (Lipinski definition) is 3. The van der Waals surface area contributed by atoms with Gasteiger partial charge in [-0.05, 0) is 35.8 Å². The molecule has 1 unspecified atom stereocenters. The van der Waals surface area contributed by atoms with Crippen molar-refractivity contribution in [1.82, 2.24) is 24.9 Å². The quantitative estimate of drug-likeness (QED) is 0.879. The maximum Gasteiger partial charge on any atom is 0.0738 e. The number of aryl methyl sites for hydroxylation is 3. The van der Waals surface area contributed by atoms with E-state index in [0.29, 0.717) is 0 Å². The minimum Gasteiger partial charge on any atom is -0.310 e. The fourth-order valence-corrected chi connectivity index (χ4v) is 2.84. The fraction of sp³-hybridized carbons (Fsp3) is 0.571. The highest BCUT2D eigenvalue weighted by Gasteiger charge is 2.18. The zero-order valence-electron chi connectivity index (χ0n) is 12.5. The molecule has 0 aliphatic rings. The molecule has 0 saturated heterocycles. The van der Waals surface area contributed by atoms with E-state index in [0.717, 1.165) is 29.6 Å². The highest BCUT2D eigenvalue weighted by Crippen LogP contribution is 2.25. The first-order chi connectivity index (χ1) is 9.52. The molecule has 0 spiro atoms. The fourth-order valence-electron chi connectivity index (χ4n) is 2.34. The molecule has 2 aromatic rings. The van der Waals surface area contributed by atoms with Gasteiger partial charge in [0.05, 0.1) is 22.1 Å². The van der Waals surface area contributed by atoms with Crippen molar-refractivity contribution in [2.75, 3.05) is 6.54 Å². The molecule has 5 nitrogen and oxygen atoms in total. The van der Waals surface area contributed by atoms with Gasteiger partial charge in [-0.1, -0.05) is 6.92 Å². The van der Waals surface area contributed by atoms with Crippen molar-refractivity contribution in [1.29, 1.82) is 0 Å². The van der Waals surface area contributed by atoms with Crippen LogP contribution in [0, 0.1) is 6.92 Å². The topological polar surface area (TPSA) is 47.7 Å². The van der Waals surface area contributed by atoms with Crippen LogP contribution in [0.5, 0.6) is 0 Å². The summed E-state index contributed by atoms with van der Waals surface area (Å²) in [6.45, 7) is 5.19. The first-order valence-corrected chi connectivity index (χ1v) is 7.72. The van der Waals surface area contributed by atoms with Crippen LogP contribution in [-0.2, 0) is 20.5 Å². The molecule has 0 radical (unpaired) electrons. The number of nitrogens with zero attached hydrogens (tertiary/aromatic N) is 4. The molecular weight excluding hydrogens is 318 g/mol. The maximum atomic E-state index is 4.46. The van der Waals surface area contributed by atoms with E-state index in [4.69, 9.17) is 0 Å². The third kappa shape index (κ3) is 3.30. The summed E-state index contributed by atoms with van der Waals surface area (Å²) in [6, 6.07) is 0.259. The van der Waals surface area contributed by atoms with E-state index in [1.165, 1.54) is 11.3 Å². The summed E-state index contributed by atoms with van der Waals surface area (Å²) in [7, 11) is 3.94. The molecule has 0 aromatic carbocycles. The molecule has 110 valence electrons. The summed E-state index contributed by atoms with van der Waals surface area (Å²) in [6.07, 6.45) is 6.01. The van der Waals surface area contributed by atoms with Gasteiger partial charge in [0.25, 0.3) is 0 Å². The normalized spacial score (nSPS) is 12.8. The zero-order chi connectivity index (χ0) is 14.7. The SMILES string of the molecule is CCCNC(Cc1c(Br)c(C)nn1C)c1cnn(C)c1. The molecule has 6 heteroatoms. The Morgan fingerprint density at radius 2 is 2.15 bits per heavy atom. The van der Waals surface area contributed by atoms with Crippen LogP contribution in [0.15, 0.2) is 16.9 Å². The van der Waals surface area contributed by atoms with Crippen molar-refractivity contribution >= 4 is 15.9 Å². The predicted molar refractivity (Wildman–Crippen MR) is 83.6 cm³/mol. The summed E-state index contributed by atoms with van der Waals surface area (Å²) in [5, 5.41) is 12.3. The highest BCUT2D eigenvalue weighted by molar-refractivity contribution is 9.10. The van der Waals surface area contributed by atoms with Gasteiger partial charge < -0.3 is 5.32 Å². The summed E-state index contributed by atoms with van der Waals surface area (Å²) in [5.74, 6) is 0. The van der Waals surface area contributed by atoms with Crippen molar-refractivity contribution in [2.24, 2.45) is 14.1 Å². The average molecular weight is 340 g/mol. The van der Waals surface area contributed by atoms with E-state index >= 15 is 0 Å². The third-order valence-electron chi connectivity index (χ3n) is 3.43. The van der Waals surface area contributed by atoms with Crippen molar-refractivity contribution < 1.29 is 0 Å². The maximum absolute atomic E-state index is 4.46. The van der Waals surface area contributed by atoms with Crippen LogP contribution < -0.4 is 5.32 Å². The predicted octanol–water partition coefficient (Wildman–Crippen LogP) is 2.51. The van der Waals surface area contributed by atoms with Crippen molar-refractivity contribution in [3.05, 3.63) is 33.8 Å². The summed E-state index contributed by atoms with van der Waals surface area (Å²) >= 11 is 3.64. The monoisotopic (exact) mass is 339 g/mol. The van der Waals surface area contributed by atoms with Crippen molar-refractivity contribution in [2.45, 2.75) is 32.7 Å². The molecule has 0 bridgehead atoms. The van der Waals surface area contributed by atoms with Crippen LogP contribution >= 0.6 is 15.9 Å². The lowest BCUT2D eigenvalue weighted by atomic mass is 10.1. The number of rotatable bonds is 6. The Hall–Kier alpha value is -1.14. The van der Waals surface area contributed by atoms with Gasteiger partial charge in [0, 0.05) is 38.3 Å². The van der Waals surface area contributed by atoms with Gasteiger partial charge >= 0.3 is 0 Å². The van der Waals surface area contributed by atoms with Crippen LogP contribution in [0.4, 0.5) is 0 Å². The van der Waals surface area contributed by atoms with Gasteiger partial charge in [0.15, 0.2) is 0 Å². The van der Waals surface area contributed by atoms with Gasteiger partial charge in [-0.25, -0.2) is 0 Å². The molecular formula is C14H22BrN5. The van der Waals surface area contributed by atoms with Gasteiger partial charge in [-0.3, -0.25) is 9.36 Å². The lowest BCUT2D eigenvalue weighted by Crippen LogP contribution is -2.24. The van der Waals surface area contributed by atoms with Gasteiger partial charge in [-0.2, -0.15) is 10.2 Å². The Kier molecular flexibility index (Phi) is 4.99. The van der Waals surface area contributed by atoms with Crippen LogP contribution in [0.3, 0.4) is 0 Å². The van der Waals surface area contributed by atoms with Gasteiger partial charge in [-0.15, -0.1) is 0 Å². The molecule has 1 atom stereocenters. The summed E-state index contributed by atoms with van der Waals surface area (Å²) in [4.78, 5) is 0. The molecule has 0 amide bonds. The Morgan fingerprint density at radius 3 is 2.65 bits per heavy atom. The zero-order valence-corrected chi connectivity index (χ0v) is 14.1. The Balaban J connectivity index is 2.23. The molecule has 0 aliphatic heterocycles. The second-order valence-corrected chi connectivity index (χ2v) is 5.92. The van der Waals surface area contributed by atoms with Gasteiger partial charge in [0.2, 0.25) is 0 Å². The van der Waals surface area contributed by atoms with Crippen LogP contribution in [0.1, 0.15) is 36.3 Å². The summed E-state index contributed by atoms with van der Waals surface area (Å²) < 4.78 is 4.91. The molecule has 2 aromatic heterocycles. The third-order valence-corrected chi connectivity index (χ3v) is 4.46. The minimum absolute atomic E-state index is 0.259. The van der Waals surface area contributed by atoms with E-state index in [2.05, 4.69) is 44.6 Å². The minimum atomic E-state index is 0.259. The molecule has 20 heavy (non-hydrogen) atoms. The van der Waals surface area contributed by atoms with E-state index < -0.39 is 0 Å². The average Bonchev–Trinajstić information content (AvgIpc) is 2.93. The van der Waals surface area contributed by atoms with E-state index in [1.807, 2.05) is 36.6 Å². The Bertz CT molecular complexity index is 572. The van der Waals surface area contributed by atoms with Crippen molar-refractivity contribution in [3.8, 4) is 0 Å². The second-order valence-electron chi connectivity index (χ2n) is 5.13. The standard InChI is InChI=1S/C14H22BrN5/c1-5-6-16-12(11-8-17-19(3)9-11)7-13-14(15)10(2)18-20(13)4/h8-9,12,16H,5-7H2,1-4H3. The van der Waals surface area contributed by atoms with E-state index in [9.17, 15) is 0 Å². The number of halogens is 1. The van der Waals surface area contributed by atoms with Crippen LogP contribution in [0.2, 0.25) is 0 Å². The van der Waals surface area contributed by atoms with E-state index in [-0.39, 0.29) is 6.04 Å². The van der Waals surface area contributed by atoms with Crippen LogP contribution in [0.25, 0.3) is 0 Å². The lowest BCUT2D eigenvalue weighted by Gasteiger charge is -2.17. The molecule has 0 fully saturated rings. The number of hydrogen-bond donors (Lipinski definition) is 1. The molecule has 1 N–H and O–H groups in total. The molecule has 0 aliphatic carbocycles. The lowest BCUT2D eigenvalue weighted by molar-refractivity contribution is 0.511. The first kappa shape index (κ1) is 15.3. The Labute approximate surface area is 128 Å². The smallest absolute Gasteiger partial charge is 0.0738 e. The van der Waals surface area contributed by atoms with Gasteiger partial charge in [0.1, 0.15) is 0 Å². The number of nitrogens with one attached hydrogen (secondary N) is 1. The molecule has 2 heterocycles. The summed E-state index contributed by atoms with van der Waals surface area (Å²) in [5.41, 5.74) is 3.45. The second kappa shape index (κ2) is 6.54. The largest absolute Gasteiger partial charge is 0.310 e. The Morgan fingerprint density at radius 1 is 1.40 bits per heavy atom. The highest BCUT2D eigenvalue weighted by atomic mass is 79.9. The first-order valence-electron chi connectivity index (χ1n) is 6.92. The number of aromatic nitrogens is 4. The molecule has 2 rings (SSSR count).